The molecule has 1 aliphatic carbocycles. The second-order valence-electron chi connectivity index (χ2n) is 5.27. The van der Waals surface area contributed by atoms with Gasteiger partial charge in [0.25, 0.3) is 0 Å². The number of nitrogens with two attached hydrogens (primary N) is 1. The first-order valence-corrected chi connectivity index (χ1v) is 6.71. The third kappa shape index (κ3) is 5.53. The first-order valence-electron chi connectivity index (χ1n) is 6.71. The molecule has 3 atom stereocenters. The summed E-state index contributed by atoms with van der Waals surface area (Å²) in [6.07, 6.45) is 9.24. The summed E-state index contributed by atoms with van der Waals surface area (Å²) in [6, 6.07) is 1.09. The van der Waals surface area contributed by atoms with Gasteiger partial charge in [0.15, 0.2) is 0 Å². The molecule has 0 radical (unpaired) electrons. The summed E-state index contributed by atoms with van der Waals surface area (Å²) in [6.45, 7) is 5.59. The third-order valence-corrected chi connectivity index (χ3v) is 3.59. The van der Waals surface area contributed by atoms with Crippen molar-refractivity contribution in [3.63, 3.8) is 0 Å². The average Bonchev–Trinajstić information content (AvgIpc) is 2.41. The molecular formula is C13H28N2. The quantitative estimate of drug-likeness (QED) is 0.688. The number of rotatable bonds is 5. The molecule has 1 aliphatic rings. The zero-order chi connectivity index (χ0) is 11.1. The van der Waals surface area contributed by atoms with Crippen LogP contribution in [0.2, 0.25) is 0 Å². The van der Waals surface area contributed by atoms with Crippen molar-refractivity contribution in [1.82, 2.24) is 5.32 Å². The van der Waals surface area contributed by atoms with E-state index in [1.807, 2.05) is 0 Å². The van der Waals surface area contributed by atoms with Crippen LogP contribution in [-0.4, -0.2) is 18.6 Å². The fraction of sp³-hybridized carbons (Fsp3) is 1.00. The van der Waals surface area contributed by atoms with Crippen LogP contribution < -0.4 is 11.1 Å². The Morgan fingerprint density at radius 1 is 1.27 bits per heavy atom. The fourth-order valence-corrected chi connectivity index (χ4v) is 2.48. The van der Waals surface area contributed by atoms with Crippen LogP contribution in [0.1, 0.15) is 58.8 Å². The SMILES string of the molecule is CCCC(N)CNC1CCCC(C)CC1. The van der Waals surface area contributed by atoms with E-state index in [0.29, 0.717) is 6.04 Å². The lowest BCUT2D eigenvalue weighted by Gasteiger charge is -2.19. The second kappa shape index (κ2) is 7.24. The maximum absolute atomic E-state index is 6.01. The van der Waals surface area contributed by atoms with Gasteiger partial charge in [0.05, 0.1) is 0 Å². The van der Waals surface area contributed by atoms with Gasteiger partial charge in [-0.3, -0.25) is 0 Å². The Bertz CT molecular complexity index is 159. The van der Waals surface area contributed by atoms with Crippen LogP contribution in [0.5, 0.6) is 0 Å². The predicted molar refractivity (Wildman–Crippen MR) is 66.9 cm³/mol. The van der Waals surface area contributed by atoms with Crippen molar-refractivity contribution in [3.8, 4) is 0 Å². The molecule has 2 nitrogen and oxygen atoms in total. The van der Waals surface area contributed by atoms with E-state index in [1.165, 1.54) is 38.5 Å². The summed E-state index contributed by atoms with van der Waals surface area (Å²) in [7, 11) is 0. The molecule has 0 aliphatic heterocycles. The van der Waals surface area contributed by atoms with Crippen LogP contribution in [0.15, 0.2) is 0 Å². The fourth-order valence-electron chi connectivity index (χ4n) is 2.48. The van der Waals surface area contributed by atoms with Gasteiger partial charge in [0.2, 0.25) is 0 Å². The van der Waals surface area contributed by atoms with E-state index >= 15 is 0 Å². The summed E-state index contributed by atoms with van der Waals surface area (Å²) in [5, 5.41) is 3.64. The first-order chi connectivity index (χ1) is 7.22. The molecule has 0 heterocycles. The topological polar surface area (TPSA) is 38.0 Å². The van der Waals surface area contributed by atoms with E-state index in [4.69, 9.17) is 5.73 Å². The molecule has 1 fully saturated rings. The minimum atomic E-state index is 0.357. The van der Waals surface area contributed by atoms with Crippen molar-refractivity contribution in [2.45, 2.75) is 70.9 Å². The highest BCUT2D eigenvalue weighted by molar-refractivity contribution is 4.75. The Morgan fingerprint density at radius 2 is 2.07 bits per heavy atom. The Balaban J connectivity index is 2.14. The Hall–Kier alpha value is -0.0800. The van der Waals surface area contributed by atoms with E-state index in [0.717, 1.165) is 24.9 Å². The number of hydrogen-bond donors (Lipinski definition) is 2. The molecule has 0 amide bonds. The van der Waals surface area contributed by atoms with Crippen molar-refractivity contribution in [3.05, 3.63) is 0 Å². The molecule has 0 aromatic heterocycles. The van der Waals surface area contributed by atoms with Crippen LogP contribution in [0, 0.1) is 5.92 Å². The van der Waals surface area contributed by atoms with Gasteiger partial charge >= 0.3 is 0 Å². The Kier molecular flexibility index (Phi) is 6.26. The zero-order valence-electron chi connectivity index (χ0n) is 10.5. The maximum Gasteiger partial charge on any atom is 0.0165 e. The molecule has 0 bridgehead atoms. The molecule has 15 heavy (non-hydrogen) atoms. The van der Waals surface area contributed by atoms with Gasteiger partial charge in [-0.25, -0.2) is 0 Å². The van der Waals surface area contributed by atoms with Crippen LogP contribution in [0.25, 0.3) is 0 Å². The smallest absolute Gasteiger partial charge is 0.0165 e. The normalized spacial score (nSPS) is 29.8. The Labute approximate surface area is 95.0 Å². The van der Waals surface area contributed by atoms with Gasteiger partial charge in [-0.1, -0.05) is 33.1 Å². The molecule has 3 N–H and O–H groups in total. The maximum atomic E-state index is 6.01. The Morgan fingerprint density at radius 3 is 2.80 bits per heavy atom. The van der Waals surface area contributed by atoms with Gasteiger partial charge in [-0.05, 0) is 31.6 Å². The van der Waals surface area contributed by atoms with Crippen molar-refractivity contribution in [2.75, 3.05) is 6.54 Å². The highest BCUT2D eigenvalue weighted by Gasteiger charge is 2.16. The van der Waals surface area contributed by atoms with E-state index < -0.39 is 0 Å². The van der Waals surface area contributed by atoms with Crippen molar-refractivity contribution < 1.29 is 0 Å². The lowest BCUT2D eigenvalue weighted by atomic mass is 10.0. The largest absolute Gasteiger partial charge is 0.327 e. The van der Waals surface area contributed by atoms with E-state index in [1.54, 1.807) is 0 Å². The molecule has 2 heteroatoms. The lowest BCUT2D eigenvalue weighted by Crippen LogP contribution is -2.39. The van der Waals surface area contributed by atoms with E-state index in [9.17, 15) is 0 Å². The van der Waals surface area contributed by atoms with Crippen molar-refractivity contribution in [2.24, 2.45) is 11.7 Å². The minimum Gasteiger partial charge on any atom is -0.327 e. The van der Waals surface area contributed by atoms with Crippen LogP contribution in [-0.2, 0) is 0 Å². The van der Waals surface area contributed by atoms with Crippen LogP contribution in [0.3, 0.4) is 0 Å². The van der Waals surface area contributed by atoms with Gasteiger partial charge < -0.3 is 11.1 Å². The zero-order valence-corrected chi connectivity index (χ0v) is 10.5. The number of hydrogen-bond acceptors (Lipinski definition) is 2. The molecule has 1 rings (SSSR count). The van der Waals surface area contributed by atoms with Crippen molar-refractivity contribution >= 4 is 0 Å². The molecular weight excluding hydrogens is 184 g/mol. The van der Waals surface area contributed by atoms with Crippen LogP contribution in [0.4, 0.5) is 0 Å². The van der Waals surface area contributed by atoms with Gasteiger partial charge in [-0.15, -0.1) is 0 Å². The van der Waals surface area contributed by atoms with E-state index in [2.05, 4.69) is 19.2 Å². The molecule has 0 spiro atoms. The average molecular weight is 212 g/mol. The van der Waals surface area contributed by atoms with Crippen molar-refractivity contribution in [1.29, 1.82) is 0 Å². The summed E-state index contributed by atoms with van der Waals surface area (Å²) in [5.74, 6) is 0.932. The van der Waals surface area contributed by atoms with Gasteiger partial charge in [0, 0.05) is 18.6 Å². The summed E-state index contributed by atoms with van der Waals surface area (Å²) in [5.41, 5.74) is 6.01. The molecule has 3 unspecified atom stereocenters. The highest BCUT2D eigenvalue weighted by atomic mass is 14.9. The standard InChI is InChI=1S/C13H28N2/c1-3-5-12(14)10-15-13-7-4-6-11(2)8-9-13/h11-13,15H,3-10,14H2,1-2H3. The summed E-state index contributed by atoms with van der Waals surface area (Å²) in [4.78, 5) is 0. The first kappa shape index (κ1) is 13.0. The number of nitrogens with one attached hydrogen (secondary N) is 1. The lowest BCUT2D eigenvalue weighted by molar-refractivity contribution is 0.422. The minimum absolute atomic E-state index is 0.357. The molecule has 1 saturated carbocycles. The second-order valence-corrected chi connectivity index (χ2v) is 5.27. The monoisotopic (exact) mass is 212 g/mol. The third-order valence-electron chi connectivity index (χ3n) is 3.59. The van der Waals surface area contributed by atoms with Gasteiger partial charge in [-0.2, -0.15) is 0 Å². The molecule has 0 saturated heterocycles. The summed E-state index contributed by atoms with van der Waals surface area (Å²) < 4.78 is 0. The molecule has 90 valence electrons. The summed E-state index contributed by atoms with van der Waals surface area (Å²) >= 11 is 0. The van der Waals surface area contributed by atoms with E-state index in [-0.39, 0.29) is 0 Å². The molecule has 0 aromatic carbocycles. The highest BCUT2D eigenvalue weighted by Crippen LogP contribution is 2.22. The van der Waals surface area contributed by atoms with Crippen LogP contribution >= 0.6 is 0 Å². The molecule has 0 aromatic rings. The van der Waals surface area contributed by atoms with Gasteiger partial charge in [0.1, 0.15) is 0 Å². The predicted octanol–water partition coefficient (Wildman–Crippen LogP) is 2.67.